The summed E-state index contributed by atoms with van der Waals surface area (Å²) >= 11 is 5.20. The number of carbonyl (C=O) groups is 1. The second kappa shape index (κ2) is 7.88. The first-order valence-corrected chi connectivity index (χ1v) is 8.50. The topological polar surface area (TPSA) is 57.3 Å². The second-order valence-electron chi connectivity index (χ2n) is 5.74. The SMILES string of the molecule is O=C(NC(=S)Nc1ccc(N2CCCCC2)cc1)c1cccnc1. The monoisotopic (exact) mass is 340 g/mol. The largest absolute Gasteiger partial charge is 0.372 e. The van der Waals surface area contributed by atoms with Crippen molar-refractivity contribution in [1.82, 2.24) is 10.3 Å². The van der Waals surface area contributed by atoms with Gasteiger partial charge in [0.25, 0.3) is 5.91 Å². The number of piperidine rings is 1. The summed E-state index contributed by atoms with van der Waals surface area (Å²) in [5.41, 5.74) is 2.56. The average molecular weight is 340 g/mol. The standard InChI is InChI=1S/C18H20N4OS/c23-17(14-5-4-10-19-13-14)21-18(24)20-15-6-8-16(9-7-15)22-11-2-1-3-12-22/h4-10,13H,1-3,11-12H2,(H2,20,21,23,24). The van der Waals surface area contributed by atoms with E-state index in [-0.39, 0.29) is 11.0 Å². The van der Waals surface area contributed by atoms with Crippen molar-refractivity contribution < 1.29 is 4.79 Å². The van der Waals surface area contributed by atoms with E-state index >= 15 is 0 Å². The lowest BCUT2D eigenvalue weighted by Gasteiger charge is -2.28. The molecule has 2 N–H and O–H groups in total. The predicted molar refractivity (Wildman–Crippen MR) is 100 cm³/mol. The molecule has 1 amide bonds. The van der Waals surface area contributed by atoms with Gasteiger partial charge >= 0.3 is 0 Å². The van der Waals surface area contributed by atoms with Crippen LogP contribution in [0.25, 0.3) is 0 Å². The Morgan fingerprint density at radius 2 is 1.83 bits per heavy atom. The van der Waals surface area contributed by atoms with E-state index in [1.165, 1.54) is 31.1 Å². The van der Waals surface area contributed by atoms with E-state index in [4.69, 9.17) is 12.2 Å². The normalized spacial score (nSPS) is 14.1. The highest BCUT2D eigenvalue weighted by atomic mass is 32.1. The number of anilines is 2. The van der Waals surface area contributed by atoms with E-state index in [1.54, 1.807) is 18.3 Å². The molecule has 124 valence electrons. The molecule has 2 heterocycles. The maximum absolute atomic E-state index is 12.0. The zero-order chi connectivity index (χ0) is 16.8. The number of thiocarbonyl (C=S) groups is 1. The predicted octanol–water partition coefficient (Wildman–Crippen LogP) is 3.20. The number of rotatable bonds is 3. The fourth-order valence-electron chi connectivity index (χ4n) is 2.74. The molecule has 2 aromatic rings. The van der Waals surface area contributed by atoms with Crippen molar-refractivity contribution in [2.75, 3.05) is 23.3 Å². The minimum Gasteiger partial charge on any atom is -0.372 e. The lowest BCUT2D eigenvalue weighted by Crippen LogP contribution is -2.34. The Kier molecular flexibility index (Phi) is 5.38. The Morgan fingerprint density at radius 1 is 1.08 bits per heavy atom. The van der Waals surface area contributed by atoms with Crippen molar-refractivity contribution >= 4 is 34.6 Å². The molecule has 1 aliphatic heterocycles. The van der Waals surface area contributed by atoms with Crippen LogP contribution in [0.1, 0.15) is 29.6 Å². The molecule has 0 spiro atoms. The molecule has 1 saturated heterocycles. The van der Waals surface area contributed by atoms with E-state index in [2.05, 4.69) is 32.7 Å². The van der Waals surface area contributed by atoms with Crippen LogP contribution < -0.4 is 15.5 Å². The number of nitrogens with one attached hydrogen (secondary N) is 2. The first-order chi connectivity index (χ1) is 11.7. The maximum Gasteiger partial charge on any atom is 0.258 e. The third kappa shape index (κ3) is 4.29. The molecule has 0 aliphatic carbocycles. The molecule has 1 aliphatic rings. The van der Waals surface area contributed by atoms with E-state index in [0.29, 0.717) is 5.56 Å². The number of pyridine rings is 1. The Morgan fingerprint density at radius 3 is 2.50 bits per heavy atom. The Labute approximate surface area is 147 Å². The third-order valence-electron chi connectivity index (χ3n) is 4.00. The first-order valence-electron chi connectivity index (χ1n) is 8.10. The van der Waals surface area contributed by atoms with Crippen molar-refractivity contribution in [2.24, 2.45) is 0 Å². The number of aromatic nitrogens is 1. The Balaban J connectivity index is 1.55. The summed E-state index contributed by atoms with van der Waals surface area (Å²) in [6, 6.07) is 11.5. The van der Waals surface area contributed by atoms with Gasteiger partial charge in [-0.2, -0.15) is 0 Å². The van der Waals surface area contributed by atoms with Crippen molar-refractivity contribution in [3.05, 3.63) is 54.4 Å². The first kappa shape index (κ1) is 16.4. The lowest BCUT2D eigenvalue weighted by molar-refractivity contribution is 0.0977. The summed E-state index contributed by atoms with van der Waals surface area (Å²) < 4.78 is 0. The van der Waals surface area contributed by atoms with Crippen LogP contribution in [-0.2, 0) is 0 Å². The van der Waals surface area contributed by atoms with Gasteiger partial charge in [0.1, 0.15) is 0 Å². The van der Waals surface area contributed by atoms with Gasteiger partial charge in [-0.05, 0) is 67.9 Å². The summed E-state index contributed by atoms with van der Waals surface area (Å²) in [6.45, 7) is 2.23. The molecule has 0 unspecified atom stereocenters. The lowest BCUT2D eigenvalue weighted by atomic mass is 10.1. The molecule has 1 aromatic heterocycles. The van der Waals surface area contributed by atoms with Crippen LogP contribution in [-0.4, -0.2) is 29.1 Å². The average Bonchev–Trinajstić information content (AvgIpc) is 2.64. The van der Waals surface area contributed by atoms with Crippen molar-refractivity contribution in [3.8, 4) is 0 Å². The molecule has 0 atom stereocenters. The molecule has 3 rings (SSSR count). The zero-order valence-electron chi connectivity index (χ0n) is 13.4. The molecular formula is C18H20N4OS. The fourth-order valence-corrected chi connectivity index (χ4v) is 2.95. The molecule has 1 aromatic carbocycles. The molecule has 6 heteroatoms. The highest BCUT2D eigenvalue weighted by molar-refractivity contribution is 7.80. The van der Waals surface area contributed by atoms with Crippen molar-refractivity contribution in [2.45, 2.75) is 19.3 Å². The van der Waals surface area contributed by atoms with Crippen molar-refractivity contribution in [1.29, 1.82) is 0 Å². The van der Waals surface area contributed by atoms with Gasteiger partial charge in [-0.3, -0.25) is 15.1 Å². The van der Waals surface area contributed by atoms with E-state index in [0.717, 1.165) is 18.8 Å². The Bertz CT molecular complexity index is 697. The molecular weight excluding hydrogens is 320 g/mol. The van der Waals surface area contributed by atoms with Crippen molar-refractivity contribution in [3.63, 3.8) is 0 Å². The van der Waals surface area contributed by atoms with Gasteiger partial charge < -0.3 is 10.2 Å². The molecule has 1 fully saturated rings. The number of hydrogen-bond donors (Lipinski definition) is 2. The van der Waals surface area contributed by atoms with Crippen LogP contribution in [0.2, 0.25) is 0 Å². The number of hydrogen-bond acceptors (Lipinski definition) is 4. The molecule has 24 heavy (non-hydrogen) atoms. The van der Waals surface area contributed by atoms with Crippen LogP contribution >= 0.6 is 12.2 Å². The summed E-state index contributed by atoms with van der Waals surface area (Å²) in [4.78, 5) is 18.3. The summed E-state index contributed by atoms with van der Waals surface area (Å²) in [5.74, 6) is -0.273. The van der Waals surface area contributed by atoms with Gasteiger partial charge in [-0.1, -0.05) is 0 Å². The molecule has 0 saturated carbocycles. The van der Waals surface area contributed by atoms with Gasteiger partial charge in [0.2, 0.25) is 0 Å². The van der Waals surface area contributed by atoms with Gasteiger partial charge in [0.15, 0.2) is 5.11 Å². The van der Waals surface area contributed by atoms with Gasteiger partial charge in [0.05, 0.1) is 5.56 Å². The van der Waals surface area contributed by atoms with Crippen LogP contribution in [0.3, 0.4) is 0 Å². The van der Waals surface area contributed by atoms with E-state index < -0.39 is 0 Å². The highest BCUT2D eigenvalue weighted by Crippen LogP contribution is 2.21. The minimum atomic E-state index is -0.273. The van der Waals surface area contributed by atoms with Crippen LogP contribution in [0, 0.1) is 0 Å². The molecule has 5 nitrogen and oxygen atoms in total. The molecule has 0 bridgehead atoms. The van der Waals surface area contributed by atoms with E-state index in [9.17, 15) is 4.79 Å². The van der Waals surface area contributed by atoms with Crippen LogP contribution in [0.5, 0.6) is 0 Å². The Hall–Kier alpha value is -2.47. The number of benzene rings is 1. The highest BCUT2D eigenvalue weighted by Gasteiger charge is 2.11. The zero-order valence-corrected chi connectivity index (χ0v) is 14.2. The quantitative estimate of drug-likeness (QED) is 0.841. The van der Waals surface area contributed by atoms with Gasteiger partial charge in [0, 0.05) is 36.9 Å². The fraction of sp³-hybridized carbons (Fsp3) is 0.278. The van der Waals surface area contributed by atoms with Crippen LogP contribution in [0.15, 0.2) is 48.8 Å². The summed E-state index contributed by atoms with van der Waals surface area (Å²) in [7, 11) is 0. The molecule has 0 radical (unpaired) electrons. The third-order valence-corrected chi connectivity index (χ3v) is 4.20. The van der Waals surface area contributed by atoms with E-state index in [1.807, 2.05) is 12.1 Å². The second-order valence-corrected chi connectivity index (χ2v) is 6.15. The van der Waals surface area contributed by atoms with Crippen LogP contribution in [0.4, 0.5) is 11.4 Å². The van der Waals surface area contributed by atoms with Gasteiger partial charge in [-0.15, -0.1) is 0 Å². The summed E-state index contributed by atoms with van der Waals surface area (Å²) in [6.07, 6.45) is 6.96. The number of amides is 1. The maximum atomic E-state index is 12.0. The number of nitrogens with zero attached hydrogens (tertiary/aromatic N) is 2. The van der Waals surface area contributed by atoms with Gasteiger partial charge in [-0.25, -0.2) is 0 Å². The summed E-state index contributed by atoms with van der Waals surface area (Å²) in [5, 5.41) is 5.96. The number of carbonyl (C=O) groups excluding carboxylic acids is 1. The smallest absolute Gasteiger partial charge is 0.258 e. The minimum absolute atomic E-state index is 0.273.